The lowest BCUT2D eigenvalue weighted by Gasteiger charge is -2.21. The Morgan fingerprint density at radius 2 is 2.19 bits per heavy atom. The zero-order valence-corrected chi connectivity index (χ0v) is 9.29. The van der Waals surface area contributed by atoms with E-state index < -0.39 is 0 Å². The molecule has 1 aliphatic carbocycles. The van der Waals surface area contributed by atoms with Gasteiger partial charge in [-0.2, -0.15) is 0 Å². The number of rotatable bonds is 0. The summed E-state index contributed by atoms with van der Waals surface area (Å²) in [5.74, 6) is 0.155. The van der Waals surface area contributed by atoms with Crippen molar-refractivity contribution >= 4 is 23.0 Å². The molecule has 1 saturated carbocycles. The molecule has 1 aliphatic heterocycles. The standard InChI is InChI=1S/C12H15N3O/c1-15-7-12(4-5-12)11(16)14-9-3-2-8(13)6-10(9)15/h2-3,6H,4-5,7,13H2,1H3,(H,14,16). The SMILES string of the molecule is CN1CC2(CC2)C(=O)Nc2ccc(N)cc21. The van der Waals surface area contributed by atoms with E-state index in [1.807, 2.05) is 25.2 Å². The lowest BCUT2D eigenvalue weighted by Crippen LogP contribution is -2.31. The Bertz CT molecular complexity index is 465. The van der Waals surface area contributed by atoms with Crippen LogP contribution in [0.4, 0.5) is 17.1 Å². The number of fused-ring (bicyclic) bond motifs is 1. The van der Waals surface area contributed by atoms with Gasteiger partial charge in [-0.15, -0.1) is 0 Å². The number of hydrogen-bond donors (Lipinski definition) is 2. The average molecular weight is 217 g/mol. The van der Waals surface area contributed by atoms with Crippen LogP contribution in [-0.4, -0.2) is 19.5 Å². The molecule has 0 radical (unpaired) electrons. The van der Waals surface area contributed by atoms with Gasteiger partial charge >= 0.3 is 0 Å². The lowest BCUT2D eigenvalue weighted by atomic mass is 10.1. The maximum atomic E-state index is 12.0. The molecule has 84 valence electrons. The number of anilines is 3. The molecule has 4 nitrogen and oxygen atoms in total. The second-order valence-electron chi connectivity index (χ2n) is 4.87. The number of amides is 1. The largest absolute Gasteiger partial charge is 0.399 e. The van der Waals surface area contributed by atoms with Crippen molar-refractivity contribution in [2.75, 3.05) is 29.5 Å². The summed E-state index contributed by atoms with van der Waals surface area (Å²) in [7, 11) is 2.01. The van der Waals surface area contributed by atoms with Gasteiger partial charge < -0.3 is 16.0 Å². The third-order valence-corrected chi connectivity index (χ3v) is 3.56. The zero-order valence-electron chi connectivity index (χ0n) is 9.29. The monoisotopic (exact) mass is 217 g/mol. The summed E-state index contributed by atoms with van der Waals surface area (Å²) in [6, 6.07) is 5.61. The minimum atomic E-state index is -0.150. The number of nitrogens with zero attached hydrogens (tertiary/aromatic N) is 1. The third-order valence-electron chi connectivity index (χ3n) is 3.56. The van der Waals surface area contributed by atoms with Gasteiger partial charge in [-0.25, -0.2) is 0 Å². The van der Waals surface area contributed by atoms with Gasteiger partial charge in [0.2, 0.25) is 5.91 Å². The summed E-state index contributed by atoms with van der Waals surface area (Å²) in [4.78, 5) is 14.1. The van der Waals surface area contributed by atoms with Gasteiger partial charge in [0.1, 0.15) is 0 Å². The van der Waals surface area contributed by atoms with Crippen molar-refractivity contribution in [2.24, 2.45) is 5.41 Å². The Labute approximate surface area is 94.4 Å². The van der Waals surface area contributed by atoms with E-state index in [4.69, 9.17) is 5.73 Å². The molecule has 1 aromatic carbocycles. The molecule has 2 aliphatic rings. The Morgan fingerprint density at radius 1 is 1.44 bits per heavy atom. The van der Waals surface area contributed by atoms with Crippen LogP contribution in [0.3, 0.4) is 0 Å². The quantitative estimate of drug-likeness (QED) is 0.646. The highest BCUT2D eigenvalue weighted by atomic mass is 16.2. The second-order valence-corrected chi connectivity index (χ2v) is 4.87. The molecule has 1 heterocycles. The molecule has 0 bridgehead atoms. The third kappa shape index (κ3) is 1.26. The Morgan fingerprint density at radius 3 is 2.88 bits per heavy atom. The van der Waals surface area contributed by atoms with E-state index in [2.05, 4.69) is 10.2 Å². The van der Waals surface area contributed by atoms with E-state index in [1.54, 1.807) is 0 Å². The van der Waals surface area contributed by atoms with Gasteiger partial charge in [-0.1, -0.05) is 0 Å². The van der Waals surface area contributed by atoms with Gasteiger partial charge in [0, 0.05) is 19.3 Å². The summed E-state index contributed by atoms with van der Waals surface area (Å²) in [5.41, 5.74) is 8.23. The van der Waals surface area contributed by atoms with Gasteiger partial charge in [0.05, 0.1) is 16.8 Å². The van der Waals surface area contributed by atoms with Gasteiger partial charge in [-0.3, -0.25) is 4.79 Å². The maximum Gasteiger partial charge on any atom is 0.232 e. The van der Waals surface area contributed by atoms with Crippen LogP contribution in [0.1, 0.15) is 12.8 Å². The molecule has 0 aromatic heterocycles. The van der Waals surface area contributed by atoms with Crippen LogP contribution in [0.5, 0.6) is 0 Å². The summed E-state index contributed by atoms with van der Waals surface area (Å²) < 4.78 is 0. The van der Waals surface area contributed by atoms with E-state index >= 15 is 0 Å². The van der Waals surface area contributed by atoms with Crippen molar-refractivity contribution < 1.29 is 4.79 Å². The first-order valence-electron chi connectivity index (χ1n) is 5.53. The molecule has 0 unspecified atom stereocenters. The highest BCUT2D eigenvalue weighted by Crippen LogP contribution is 2.50. The van der Waals surface area contributed by atoms with Crippen LogP contribution in [0.25, 0.3) is 0 Å². The van der Waals surface area contributed by atoms with E-state index in [1.165, 1.54) is 0 Å². The van der Waals surface area contributed by atoms with Crippen molar-refractivity contribution in [2.45, 2.75) is 12.8 Å². The molecule has 0 saturated heterocycles. The molecular weight excluding hydrogens is 202 g/mol. The fraction of sp³-hybridized carbons (Fsp3) is 0.417. The van der Waals surface area contributed by atoms with Crippen LogP contribution >= 0.6 is 0 Å². The summed E-state index contributed by atoms with van der Waals surface area (Å²) in [5, 5.41) is 3.00. The number of carbonyl (C=O) groups is 1. The Hall–Kier alpha value is -1.71. The zero-order chi connectivity index (χ0) is 11.3. The normalized spacial score (nSPS) is 21.3. The number of carbonyl (C=O) groups excluding carboxylic acids is 1. The van der Waals surface area contributed by atoms with Crippen molar-refractivity contribution in [3.8, 4) is 0 Å². The molecule has 16 heavy (non-hydrogen) atoms. The van der Waals surface area contributed by atoms with Crippen molar-refractivity contribution in [3.05, 3.63) is 18.2 Å². The minimum Gasteiger partial charge on any atom is -0.399 e. The van der Waals surface area contributed by atoms with Crippen molar-refractivity contribution in [3.63, 3.8) is 0 Å². The first-order valence-corrected chi connectivity index (χ1v) is 5.53. The predicted molar refractivity (Wildman–Crippen MR) is 64.4 cm³/mol. The van der Waals surface area contributed by atoms with E-state index in [0.717, 1.165) is 36.4 Å². The molecule has 3 N–H and O–H groups in total. The molecule has 4 heteroatoms. The maximum absolute atomic E-state index is 12.0. The smallest absolute Gasteiger partial charge is 0.232 e. The Kier molecular flexibility index (Phi) is 1.73. The summed E-state index contributed by atoms with van der Waals surface area (Å²) in [6.45, 7) is 0.787. The van der Waals surface area contributed by atoms with Gasteiger partial charge in [0.15, 0.2) is 0 Å². The topological polar surface area (TPSA) is 58.4 Å². The van der Waals surface area contributed by atoms with Crippen LogP contribution in [-0.2, 0) is 4.79 Å². The first kappa shape index (κ1) is 9.51. The fourth-order valence-electron chi connectivity index (χ4n) is 2.37. The fourth-order valence-corrected chi connectivity index (χ4v) is 2.37. The van der Waals surface area contributed by atoms with E-state index in [0.29, 0.717) is 0 Å². The van der Waals surface area contributed by atoms with Crippen molar-refractivity contribution in [1.82, 2.24) is 0 Å². The average Bonchev–Trinajstić information content (AvgIpc) is 3.01. The molecule has 1 amide bonds. The number of hydrogen-bond acceptors (Lipinski definition) is 3. The molecule has 1 spiro atoms. The molecule has 1 fully saturated rings. The molecule has 0 atom stereocenters. The van der Waals surface area contributed by atoms with Crippen LogP contribution in [0.15, 0.2) is 18.2 Å². The highest BCUT2D eigenvalue weighted by Gasteiger charge is 2.51. The minimum absolute atomic E-state index is 0.150. The van der Waals surface area contributed by atoms with E-state index in [9.17, 15) is 4.79 Å². The van der Waals surface area contributed by atoms with Crippen molar-refractivity contribution in [1.29, 1.82) is 0 Å². The second kappa shape index (κ2) is 2.90. The predicted octanol–water partition coefficient (Wildman–Crippen LogP) is 1.44. The number of nitrogens with one attached hydrogen (secondary N) is 1. The van der Waals surface area contributed by atoms with Crippen LogP contribution in [0, 0.1) is 5.41 Å². The number of nitrogen functional groups attached to an aromatic ring is 1. The van der Waals surface area contributed by atoms with E-state index in [-0.39, 0.29) is 11.3 Å². The van der Waals surface area contributed by atoms with Crippen LogP contribution in [0.2, 0.25) is 0 Å². The van der Waals surface area contributed by atoms with Crippen LogP contribution < -0.4 is 16.0 Å². The highest BCUT2D eigenvalue weighted by molar-refractivity contribution is 6.02. The summed E-state index contributed by atoms with van der Waals surface area (Å²) >= 11 is 0. The summed E-state index contributed by atoms with van der Waals surface area (Å²) in [6.07, 6.45) is 1.99. The van der Waals surface area contributed by atoms with Gasteiger partial charge in [0.25, 0.3) is 0 Å². The molecule has 3 rings (SSSR count). The lowest BCUT2D eigenvalue weighted by molar-refractivity contribution is -0.120. The van der Waals surface area contributed by atoms with Gasteiger partial charge in [-0.05, 0) is 31.0 Å². The molecular formula is C12H15N3O. The number of benzene rings is 1. The molecule has 1 aromatic rings. The number of nitrogens with two attached hydrogens (primary N) is 1. The first-order chi connectivity index (χ1) is 7.61. The Balaban J connectivity index is 2.06.